The highest BCUT2D eigenvalue weighted by Gasteiger charge is 2.24. The summed E-state index contributed by atoms with van der Waals surface area (Å²) in [6.45, 7) is 3.11. The third kappa shape index (κ3) is 3.59. The Morgan fingerprint density at radius 3 is 2.33 bits per heavy atom. The smallest absolute Gasteiger partial charge is 0.263 e. The fourth-order valence-electron chi connectivity index (χ4n) is 3.43. The Morgan fingerprint density at radius 1 is 0.867 bits per heavy atom. The van der Waals surface area contributed by atoms with Gasteiger partial charge in [-0.15, -0.1) is 0 Å². The highest BCUT2D eigenvalue weighted by atomic mass is 32.2. The van der Waals surface area contributed by atoms with Crippen molar-refractivity contribution in [1.29, 1.82) is 0 Å². The minimum atomic E-state index is -3.92. The van der Waals surface area contributed by atoms with Gasteiger partial charge in [-0.1, -0.05) is 12.1 Å². The van der Waals surface area contributed by atoms with Gasteiger partial charge in [0.15, 0.2) is 23.1 Å². The molecule has 2 aliphatic rings. The first-order valence-electron chi connectivity index (χ1n) is 9.62. The van der Waals surface area contributed by atoms with Crippen LogP contribution >= 0.6 is 0 Å². The van der Waals surface area contributed by atoms with E-state index in [1.165, 1.54) is 12.1 Å². The lowest BCUT2D eigenvalue weighted by molar-refractivity contribution is 0.122. The summed E-state index contributed by atoms with van der Waals surface area (Å²) in [7, 11) is -3.92. The van der Waals surface area contributed by atoms with Crippen LogP contribution < -0.4 is 19.1 Å². The number of benzene rings is 2. The Morgan fingerprint density at radius 2 is 1.57 bits per heavy atom. The maximum Gasteiger partial charge on any atom is 0.263 e. The van der Waals surface area contributed by atoms with Crippen LogP contribution in [0.25, 0.3) is 11.0 Å². The van der Waals surface area contributed by atoms with Gasteiger partial charge in [0.25, 0.3) is 10.0 Å². The number of hydrogen-bond acceptors (Lipinski definition) is 8. The van der Waals surface area contributed by atoms with Crippen LogP contribution in [0.3, 0.4) is 0 Å². The standard InChI is InChI=1S/C20H20N4O5S/c25-30(26,14-5-6-17-18(13-14)29-12-11-28-17)23-19-20(24-7-9-27-10-8-24)22-16-4-2-1-3-15(16)21-19/h1-6,13H,7-12H2,(H,21,23). The van der Waals surface area contributed by atoms with Gasteiger partial charge in [0.05, 0.1) is 29.1 Å². The number of para-hydroxylation sites is 2. The number of anilines is 2. The fraction of sp³-hybridized carbons (Fsp3) is 0.300. The largest absolute Gasteiger partial charge is 0.486 e. The quantitative estimate of drug-likeness (QED) is 0.674. The van der Waals surface area contributed by atoms with Crippen LogP contribution in [0.15, 0.2) is 47.4 Å². The lowest BCUT2D eigenvalue weighted by Gasteiger charge is -2.29. The van der Waals surface area contributed by atoms with Gasteiger partial charge in [-0.2, -0.15) is 0 Å². The number of nitrogens with zero attached hydrogens (tertiary/aromatic N) is 3. The molecule has 0 saturated carbocycles. The normalized spacial score (nSPS) is 16.5. The molecule has 0 spiro atoms. The van der Waals surface area contributed by atoms with E-state index >= 15 is 0 Å². The zero-order valence-corrected chi connectivity index (χ0v) is 16.9. The first-order valence-corrected chi connectivity index (χ1v) is 11.1. The first kappa shape index (κ1) is 18.9. The van der Waals surface area contributed by atoms with Gasteiger partial charge in [0, 0.05) is 19.2 Å². The van der Waals surface area contributed by atoms with E-state index in [2.05, 4.69) is 14.7 Å². The van der Waals surface area contributed by atoms with E-state index in [0.29, 0.717) is 67.9 Å². The van der Waals surface area contributed by atoms with Crippen LogP contribution in [0, 0.1) is 0 Å². The zero-order chi connectivity index (χ0) is 20.6. The number of ether oxygens (including phenoxy) is 3. The minimum absolute atomic E-state index is 0.0645. The third-order valence-electron chi connectivity index (χ3n) is 4.92. The van der Waals surface area contributed by atoms with E-state index < -0.39 is 10.0 Å². The maximum atomic E-state index is 13.1. The predicted molar refractivity (Wildman–Crippen MR) is 111 cm³/mol. The Bertz CT molecular complexity index is 1200. The van der Waals surface area contributed by atoms with Crippen molar-refractivity contribution < 1.29 is 22.6 Å². The van der Waals surface area contributed by atoms with Crippen molar-refractivity contribution in [1.82, 2.24) is 9.97 Å². The molecule has 9 nitrogen and oxygen atoms in total. The fourth-order valence-corrected chi connectivity index (χ4v) is 4.45. The van der Waals surface area contributed by atoms with Crippen molar-refractivity contribution in [2.75, 3.05) is 49.1 Å². The van der Waals surface area contributed by atoms with E-state index in [1.54, 1.807) is 12.1 Å². The molecule has 1 fully saturated rings. The summed E-state index contributed by atoms with van der Waals surface area (Å²) in [5.41, 5.74) is 1.30. The van der Waals surface area contributed by atoms with Crippen LogP contribution in [-0.4, -0.2) is 57.9 Å². The van der Waals surface area contributed by atoms with Crippen molar-refractivity contribution in [2.24, 2.45) is 0 Å². The number of nitrogens with one attached hydrogen (secondary N) is 1. The molecule has 0 bridgehead atoms. The van der Waals surface area contributed by atoms with Gasteiger partial charge in [0.2, 0.25) is 0 Å². The zero-order valence-electron chi connectivity index (χ0n) is 16.1. The summed E-state index contributed by atoms with van der Waals surface area (Å²) in [4.78, 5) is 11.3. The van der Waals surface area contributed by atoms with E-state index in [9.17, 15) is 8.42 Å². The highest BCUT2D eigenvalue weighted by molar-refractivity contribution is 7.92. The molecule has 0 amide bonds. The summed E-state index contributed by atoms with van der Waals surface area (Å²) in [5, 5.41) is 0. The topological polar surface area (TPSA) is 103 Å². The van der Waals surface area contributed by atoms with Gasteiger partial charge in [0.1, 0.15) is 13.2 Å². The SMILES string of the molecule is O=S(=O)(Nc1nc2ccccc2nc1N1CCOCC1)c1ccc2c(c1)OCCO2. The predicted octanol–water partition coefficient (Wildman–Crippen LogP) is 2.04. The van der Waals surface area contributed by atoms with Gasteiger partial charge in [-0.05, 0) is 24.3 Å². The molecule has 1 saturated heterocycles. The molecule has 0 unspecified atom stereocenters. The molecule has 5 rings (SSSR count). The third-order valence-corrected chi connectivity index (χ3v) is 6.25. The van der Waals surface area contributed by atoms with Crippen molar-refractivity contribution in [3.05, 3.63) is 42.5 Å². The van der Waals surface area contributed by atoms with E-state index in [0.717, 1.165) is 0 Å². The molecule has 1 aromatic heterocycles. The summed E-state index contributed by atoms with van der Waals surface area (Å²) in [6.07, 6.45) is 0. The number of fused-ring (bicyclic) bond motifs is 2. The van der Waals surface area contributed by atoms with E-state index in [4.69, 9.17) is 14.2 Å². The molecular formula is C20H20N4O5S. The second-order valence-corrected chi connectivity index (χ2v) is 8.58. The van der Waals surface area contributed by atoms with Gasteiger partial charge in [-0.25, -0.2) is 18.4 Å². The molecule has 156 valence electrons. The van der Waals surface area contributed by atoms with Crippen molar-refractivity contribution in [3.63, 3.8) is 0 Å². The molecule has 3 heterocycles. The van der Waals surface area contributed by atoms with Gasteiger partial charge < -0.3 is 19.1 Å². The number of sulfonamides is 1. The van der Waals surface area contributed by atoms with Crippen LogP contribution in [0.5, 0.6) is 11.5 Å². The Balaban J connectivity index is 1.54. The van der Waals surface area contributed by atoms with Crippen LogP contribution in [0.2, 0.25) is 0 Å². The van der Waals surface area contributed by atoms with Gasteiger partial charge >= 0.3 is 0 Å². The van der Waals surface area contributed by atoms with Crippen LogP contribution in [0.1, 0.15) is 0 Å². The molecule has 10 heteroatoms. The van der Waals surface area contributed by atoms with Crippen molar-refractivity contribution in [3.8, 4) is 11.5 Å². The van der Waals surface area contributed by atoms with Gasteiger partial charge in [-0.3, -0.25) is 4.72 Å². The van der Waals surface area contributed by atoms with Crippen LogP contribution in [-0.2, 0) is 14.8 Å². The molecule has 30 heavy (non-hydrogen) atoms. The highest BCUT2D eigenvalue weighted by Crippen LogP contribution is 2.34. The monoisotopic (exact) mass is 428 g/mol. The molecule has 2 aliphatic heterocycles. The van der Waals surface area contributed by atoms with Crippen molar-refractivity contribution in [2.45, 2.75) is 4.90 Å². The Hall–Kier alpha value is -3.11. The number of morpholine rings is 1. The summed E-state index contributed by atoms with van der Waals surface area (Å²) >= 11 is 0. The minimum Gasteiger partial charge on any atom is -0.486 e. The first-order chi connectivity index (χ1) is 14.6. The molecule has 1 N–H and O–H groups in total. The molecule has 0 atom stereocenters. The maximum absolute atomic E-state index is 13.1. The molecular weight excluding hydrogens is 408 g/mol. The van der Waals surface area contributed by atoms with Crippen molar-refractivity contribution >= 4 is 32.7 Å². The number of hydrogen-bond donors (Lipinski definition) is 1. The molecule has 3 aromatic rings. The second kappa shape index (κ2) is 7.62. The average Bonchev–Trinajstić information content (AvgIpc) is 2.78. The lowest BCUT2D eigenvalue weighted by Crippen LogP contribution is -2.37. The second-order valence-electron chi connectivity index (χ2n) is 6.89. The Kier molecular flexibility index (Phi) is 4.80. The summed E-state index contributed by atoms with van der Waals surface area (Å²) in [6, 6.07) is 11.9. The lowest BCUT2D eigenvalue weighted by atomic mass is 10.3. The Labute approximate surface area is 173 Å². The average molecular weight is 428 g/mol. The number of aromatic nitrogens is 2. The molecule has 2 aromatic carbocycles. The van der Waals surface area contributed by atoms with E-state index in [-0.39, 0.29) is 10.7 Å². The summed E-state index contributed by atoms with van der Waals surface area (Å²) in [5.74, 6) is 1.60. The molecule has 0 aliphatic carbocycles. The summed E-state index contributed by atoms with van der Waals surface area (Å²) < 4.78 is 45.3. The number of rotatable bonds is 4. The molecule has 0 radical (unpaired) electrons. The van der Waals surface area contributed by atoms with Crippen LogP contribution in [0.4, 0.5) is 11.6 Å². The van der Waals surface area contributed by atoms with E-state index in [1.807, 2.05) is 23.1 Å².